The second-order valence-electron chi connectivity index (χ2n) is 3.61. The first kappa shape index (κ1) is 12.5. The van der Waals surface area contributed by atoms with E-state index >= 15 is 0 Å². The molecule has 88 valence electrons. The monoisotopic (exact) mass is 225 g/mol. The van der Waals surface area contributed by atoms with Gasteiger partial charge >= 0.3 is 0 Å². The molecule has 0 spiro atoms. The summed E-state index contributed by atoms with van der Waals surface area (Å²) in [6.45, 7) is -0.00781. The van der Waals surface area contributed by atoms with Gasteiger partial charge in [0.2, 0.25) is 5.91 Å². The number of oxime groups is 1. The number of rotatable bonds is 4. The molecule has 0 aromatic carbocycles. The van der Waals surface area contributed by atoms with Crippen LogP contribution in [0.2, 0.25) is 0 Å². The smallest absolute Gasteiger partial charge is 0.246 e. The minimum atomic E-state index is -0.275. The summed E-state index contributed by atoms with van der Waals surface area (Å²) in [7, 11) is 0. The third-order valence-corrected chi connectivity index (χ3v) is 2.47. The van der Waals surface area contributed by atoms with E-state index < -0.39 is 0 Å². The number of nitriles is 1. The highest BCUT2D eigenvalue weighted by Crippen LogP contribution is 2.18. The van der Waals surface area contributed by atoms with Crippen LogP contribution in [0.4, 0.5) is 0 Å². The van der Waals surface area contributed by atoms with Gasteiger partial charge < -0.3 is 15.3 Å². The Morgan fingerprint density at radius 1 is 1.62 bits per heavy atom. The maximum absolute atomic E-state index is 11.1. The lowest BCUT2D eigenvalue weighted by molar-refractivity contribution is -0.127. The van der Waals surface area contributed by atoms with E-state index in [0.29, 0.717) is 12.8 Å². The standard InChI is InChI=1S/C10H15N3O3/c11-5-6-12-10(14)7-16-9-3-1-8(13-15)2-4-9/h9,15H,1-4,6-7H2,(H,12,14). The molecule has 0 saturated heterocycles. The van der Waals surface area contributed by atoms with Crippen molar-refractivity contribution in [1.29, 1.82) is 5.26 Å². The van der Waals surface area contributed by atoms with Gasteiger partial charge in [0.15, 0.2) is 0 Å². The first-order valence-corrected chi connectivity index (χ1v) is 5.21. The van der Waals surface area contributed by atoms with Gasteiger partial charge in [-0.1, -0.05) is 5.16 Å². The van der Waals surface area contributed by atoms with Crippen LogP contribution in [0.1, 0.15) is 25.7 Å². The third kappa shape index (κ3) is 4.28. The van der Waals surface area contributed by atoms with Gasteiger partial charge in [0.05, 0.1) is 17.9 Å². The van der Waals surface area contributed by atoms with E-state index in [-0.39, 0.29) is 25.2 Å². The number of nitrogens with zero attached hydrogens (tertiary/aromatic N) is 2. The molecule has 0 heterocycles. The molecular weight excluding hydrogens is 210 g/mol. The summed E-state index contributed by atoms with van der Waals surface area (Å²) in [6.07, 6.45) is 3.00. The molecule has 1 saturated carbocycles. The summed E-state index contributed by atoms with van der Waals surface area (Å²) >= 11 is 0. The average molecular weight is 225 g/mol. The average Bonchev–Trinajstić information content (AvgIpc) is 2.34. The van der Waals surface area contributed by atoms with Gasteiger partial charge in [-0.05, 0) is 25.7 Å². The highest BCUT2D eigenvalue weighted by molar-refractivity contribution is 5.84. The van der Waals surface area contributed by atoms with Crippen molar-refractivity contribution in [2.75, 3.05) is 13.2 Å². The molecule has 1 fully saturated rings. The lowest BCUT2D eigenvalue weighted by Gasteiger charge is -2.22. The summed E-state index contributed by atoms with van der Waals surface area (Å²) in [5.74, 6) is -0.275. The molecule has 0 aliphatic heterocycles. The second kappa shape index (κ2) is 6.80. The Balaban J connectivity index is 2.15. The first-order chi connectivity index (χ1) is 7.76. The summed E-state index contributed by atoms with van der Waals surface area (Å²) in [5, 5.41) is 22.4. The van der Waals surface area contributed by atoms with E-state index in [1.807, 2.05) is 6.07 Å². The van der Waals surface area contributed by atoms with Crippen molar-refractivity contribution >= 4 is 11.6 Å². The van der Waals surface area contributed by atoms with E-state index in [1.54, 1.807) is 0 Å². The van der Waals surface area contributed by atoms with Crippen molar-refractivity contribution in [2.45, 2.75) is 31.8 Å². The quantitative estimate of drug-likeness (QED) is 0.411. The first-order valence-electron chi connectivity index (χ1n) is 5.21. The van der Waals surface area contributed by atoms with Gasteiger partial charge in [0, 0.05) is 0 Å². The van der Waals surface area contributed by atoms with E-state index in [1.165, 1.54) is 0 Å². The van der Waals surface area contributed by atoms with Gasteiger partial charge in [-0.3, -0.25) is 4.79 Å². The molecule has 0 aromatic rings. The molecule has 1 aliphatic carbocycles. The lowest BCUT2D eigenvalue weighted by atomic mass is 9.96. The molecule has 0 bridgehead atoms. The van der Waals surface area contributed by atoms with Crippen molar-refractivity contribution in [2.24, 2.45) is 5.16 Å². The fourth-order valence-corrected chi connectivity index (χ4v) is 1.57. The Labute approximate surface area is 93.9 Å². The van der Waals surface area contributed by atoms with Gasteiger partial charge in [0.25, 0.3) is 0 Å². The number of amides is 1. The van der Waals surface area contributed by atoms with E-state index in [0.717, 1.165) is 18.6 Å². The van der Waals surface area contributed by atoms with Crippen LogP contribution in [0.5, 0.6) is 0 Å². The minimum absolute atomic E-state index is 0.00811. The predicted molar refractivity (Wildman–Crippen MR) is 56.1 cm³/mol. The normalized spacial score (nSPS) is 19.9. The fourth-order valence-electron chi connectivity index (χ4n) is 1.57. The van der Waals surface area contributed by atoms with Crippen molar-refractivity contribution in [3.8, 4) is 6.07 Å². The molecule has 16 heavy (non-hydrogen) atoms. The van der Waals surface area contributed by atoms with E-state index in [9.17, 15) is 4.79 Å². The van der Waals surface area contributed by atoms with Crippen LogP contribution in [0.3, 0.4) is 0 Å². The van der Waals surface area contributed by atoms with Gasteiger partial charge in [-0.2, -0.15) is 5.26 Å². The van der Waals surface area contributed by atoms with E-state index in [2.05, 4.69) is 10.5 Å². The van der Waals surface area contributed by atoms with Crippen LogP contribution in [0, 0.1) is 11.3 Å². The molecule has 1 amide bonds. The molecule has 0 atom stereocenters. The molecule has 0 aromatic heterocycles. The lowest BCUT2D eigenvalue weighted by Crippen LogP contribution is -2.31. The third-order valence-electron chi connectivity index (χ3n) is 2.47. The Hall–Kier alpha value is -1.61. The zero-order valence-electron chi connectivity index (χ0n) is 8.98. The zero-order valence-corrected chi connectivity index (χ0v) is 8.98. The van der Waals surface area contributed by atoms with Crippen LogP contribution in [0.25, 0.3) is 0 Å². The van der Waals surface area contributed by atoms with Crippen molar-refractivity contribution < 1.29 is 14.7 Å². The van der Waals surface area contributed by atoms with Crippen LogP contribution in [0.15, 0.2) is 5.16 Å². The van der Waals surface area contributed by atoms with Crippen LogP contribution in [-0.2, 0) is 9.53 Å². The largest absolute Gasteiger partial charge is 0.411 e. The summed E-state index contributed by atoms with van der Waals surface area (Å²) < 4.78 is 5.38. The number of hydrogen-bond donors (Lipinski definition) is 2. The van der Waals surface area contributed by atoms with Crippen LogP contribution < -0.4 is 5.32 Å². The van der Waals surface area contributed by atoms with Crippen molar-refractivity contribution in [3.63, 3.8) is 0 Å². The van der Waals surface area contributed by atoms with Crippen molar-refractivity contribution in [1.82, 2.24) is 5.32 Å². The van der Waals surface area contributed by atoms with Gasteiger partial charge in [-0.15, -0.1) is 0 Å². The highest BCUT2D eigenvalue weighted by Gasteiger charge is 2.19. The molecule has 6 heteroatoms. The molecule has 0 radical (unpaired) electrons. The Bertz CT molecular complexity index is 299. The molecular formula is C10H15N3O3. The summed E-state index contributed by atoms with van der Waals surface area (Å²) in [4.78, 5) is 11.1. The van der Waals surface area contributed by atoms with Crippen LogP contribution in [-0.4, -0.2) is 36.1 Å². The van der Waals surface area contributed by atoms with Crippen LogP contribution >= 0.6 is 0 Å². The summed E-state index contributed by atoms with van der Waals surface area (Å²) in [5.41, 5.74) is 0.786. The molecule has 0 unspecified atom stereocenters. The highest BCUT2D eigenvalue weighted by atomic mass is 16.5. The Morgan fingerprint density at radius 3 is 2.88 bits per heavy atom. The maximum atomic E-state index is 11.1. The Morgan fingerprint density at radius 2 is 2.31 bits per heavy atom. The SMILES string of the molecule is N#CCNC(=O)COC1CCC(=NO)CC1. The Kier molecular flexibility index (Phi) is 5.29. The minimum Gasteiger partial charge on any atom is -0.411 e. The maximum Gasteiger partial charge on any atom is 0.246 e. The topological polar surface area (TPSA) is 94.7 Å². The molecule has 1 rings (SSSR count). The number of hydrogen-bond acceptors (Lipinski definition) is 5. The molecule has 1 aliphatic rings. The number of carbonyl (C=O) groups is 1. The van der Waals surface area contributed by atoms with E-state index in [4.69, 9.17) is 15.2 Å². The number of ether oxygens (including phenoxy) is 1. The number of carbonyl (C=O) groups excluding carboxylic acids is 1. The molecule has 6 nitrogen and oxygen atoms in total. The number of nitrogens with one attached hydrogen (secondary N) is 1. The summed E-state index contributed by atoms with van der Waals surface area (Å²) in [6, 6.07) is 1.82. The van der Waals surface area contributed by atoms with Gasteiger partial charge in [-0.25, -0.2) is 0 Å². The van der Waals surface area contributed by atoms with Gasteiger partial charge in [0.1, 0.15) is 13.2 Å². The fraction of sp³-hybridized carbons (Fsp3) is 0.700. The molecule has 2 N–H and O–H groups in total. The van der Waals surface area contributed by atoms with Crippen molar-refractivity contribution in [3.05, 3.63) is 0 Å². The second-order valence-corrected chi connectivity index (χ2v) is 3.61. The zero-order chi connectivity index (χ0) is 11.8. The predicted octanol–water partition coefficient (Wildman–Crippen LogP) is 0.416.